The average molecular weight is 314 g/mol. The van der Waals surface area contributed by atoms with Gasteiger partial charge < -0.3 is 14.7 Å². The van der Waals surface area contributed by atoms with Crippen LogP contribution in [0.4, 0.5) is 0 Å². The third-order valence-corrected chi connectivity index (χ3v) is 4.10. The number of aliphatic hydroxyl groups is 1. The first kappa shape index (κ1) is 13.8. The molecule has 1 aromatic carbocycles. The molecule has 0 amide bonds. The van der Waals surface area contributed by atoms with E-state index in [1.165, 1.54) is 0 Å². The molecule has 0 aromatic heterocycles. The molecule has 0 atom stereocenters. The number of likely N-dealkylation sites (tertiary alicyclic amines) is 1. The van der Waals surface area contributed by atoms with Crippen molar-refractivity contribution in [3.8, 4) is 5.75 Å². The molecular weight excluding hydrogens is 294 g/mol. The van der Waals surface area contributed by atoms with E-state index in [0.717, 1.165) is 36.2 Å². The Labute approximate surface area is 117 Å². The minimum atomic E-state index is -0.540. The summed E-state index contributed by atoms with van der Waals surface area (Å²) in [6.45, 7) is 2.51. The summed E-state index contributed by atoms with van der Waals surface area (Å²) >= 11 is 3.39. The number of ether oxygens (including phenoxy) is 1. The van der Waals surface area contributed by atoms with Crippen molar-refractivity contribution < 1.29 is 9.84 Å². The predicted molar refractivity (Wildman–Crippen MR) is 75.9 cm³/mol. The van der Waals surface area contributed by atoms with Crippen molar-refractivity contribution in [1.29, 1.82) is 0 Å². The van der Waals surface area contributed by atoms with Gasteiger partial charge in [0.25, 0.3) is 0 Å². The minimum absolute atomic E-state index is 0.540. The van der Waals surface area contributed by atoms with Gasteiger partial charge >= 0.3 is 0 Å². The van der Waals surface area contributed by atoms with Crippen molar-refractivity contribution in [3.05, 3.63) is 28.7 Å². The van der Waals surface area contributed by atoms with Crippen LogP contribution in [0.3, 0.4) is 0 Å². The van der Waals surface area contributed by atoms with Gasteiger partial charge in [-0.25, -0.2) is 0 Å². The SMILES string of the molecule is CN1CCC(O)(CCOc2ccc(Br)cc2)CC1. The van der Waals surface area contributed by atoms with Crippen LogP contribution in [0.15, 0.2) is 28.7 Å². The van der Waals surface area contributed by atoms with E-state index in [-0.39, 0.29) is 0 Å². The molecule has 2 rings (SSSR count). The highest BCUT2D eigenvalue weighted by molar-refractivity contribution is 9.10. The third kappa shape index (κ3) is 3.97. The number of rotatable bonds is 4. The van der Waals surface area contributed by atoms with E-state index >= 15 is 0 Å². The summed E-state index contributed by atoms with van der Waals surface area (Å²) in [4.78, 5) is 2.25. The number of hydrogen-bond donors (Lipinski definition) is 1. The lowest BCUT2D eigenvalue weighted by Crippen LogP contribution is -2.43. The van der Waals surface area contributed by atoms with Crippen LogP contribution in [0, 0.1) is 0 Å². The van der Waals surface area contributed by atoms with Gasteiger partial charge in [0.15, 0.2) is 0 Å². The summed E-state index contributed by atoms with van der Waals surface area (Å²) in [5.41, 5.74) is -0.540. The molecular formula is C14H20BrNO2. The van der Waals surface area contributed by atoms with E-state index in [0.29, 0.717) is 13.0 Å². The Morgan fingerprint density at radius 1 is 1.28 bits per heavy atom. The number of halogens is 1. The van der Waals surface area contributed by atoms with Crippen LogP contribution in [-0.2, 0) is 0 Å². The molecule has 0 saturated carbocycles. The first-order valence-electron chi connectivity index (χ1n) is 6.37. The molecule has 0 bridgehead atoms. The van der Waals surface area contributed by atoms with E-state index < -0.39 is 5.60 Å². The van der Waals surface area contributed by atoms with Gasteiger partial charge in [0.1, 0.15) is 5.75 Å². The second-order valence-corrected chi connectivity index (χ2v) is 6.00. The summed E-state index contributed by atoms with van der Waals surface area (Å²) in [5, 5.41) is 10.4. The minimum Gasteiger partial charge on any atom is -0.493 e. The quantitative estimate of drug-likeness (QED) is 0.927. The molecule has 18 heavy (non-hydrogen) atoms. The Kier molecular flexibility index (Phi) is 4.65. The Balaban J connectivity index is 1.76. The van der Waals surface area contributed by atoms with Crippen LogP contribution in [0.25, 0.3) is 0 Å². The smallest absolute Gasteiger partial charge is 0.119 e. The van der Waals surface area contributed by atoms with Crippen LogP contribution in [-0.4, -0.2) is 42.4 Å². The molecule has 100 valence electrons. The van der Waals surface area contributed by atoms with Crippen LogP contribution in [0.1, 0.15) is 19.3 Å². The number of benzene rings is 1. The Morgan fingerprint density at radius 3 is 2.50 bits per heavy atom. The lowest BCUT2D eigenvalue weighted by Gasteiger charge is -2.36. The van der Waals surface area contributed by atoms with Crippen molar-refractivity contribution in [1.82, 2.24) is 4.90 Å². The molecule has 4 heteroatoms. The molecule has 1 fully saturated rings. The van der Waals surface area contributed by atoms with Gasteiger partial charge in [-0.05, 0) is 44.2 Å². The number of piperidine rings is 1. The van der Waals surface area contributed by atoms with E-state index in [4.69, 9.17) is 4.74 Å². The maximum Gasteiger partial charge on any atom is 0.119 e. The summed E-state index contributed by atoms with van der Waals surface area (Å²) in [6, 6.07) is 7.78. The van der Waals surface area contributed by atoms with E-state index in [1.807, 2.05) is 24.3 Å². The predicted octanol–water partition coefficient (Wildman–Crippen LogP) is 2.67. The third-order valence-electron chi connectivity index (χ3n) is 3.57. The molecule has 1 heterocycles. The summed E-state index contributed by atoms with van der Waals surface area (Å²) in [5.74, 6) is 0.856. The highest BCUT2D eigenvalue weighted by Gasteiger charge is 2.30. The molecule has 0 aliphatic carbocycles. The summed E-state index contributed by atoms with van der Waals surface area (Å²) in [6.07, 6.45) is 2.39. The zero-order valence-electron chi connectivity index (χ0n) is 10.7. The van der Waals surface area contributed by atoms with Gasteiger partial charge in [0.05, 0.1) is 12.2 Å². The molecule has 0 spiro atoms. The van der Waals surface area contributed by atoms with Gasteiger partial charge in [0, 0.05) is 24.0 Å². The topological polar surface area (TPSA) is 32.7 Å². The van der Waals surface area contributed by atoms with E-state index in [2.05, 4.69) is 27.9 Å². The van der Waals surface area contributed by atoms with Crippen molar-refractivity contribution in [3.63, 3.8) is 0 Å². The number of hydrogen-bond acceptors (Lipinski definition) is 3. The zero-order chi connectivity index (χ0) is 13.0. The zero-order valence-corrected chi connectivity index (χ0v) is 12.3. The average Bonchev–Trinajstić information content (AvgIpc) is 2.36. The second-order valence-electron chi connectivity index (χ2n) is 5.08. The van der Waals surface area contributed by atoms with Crippen molar-refractivity contribution in [2.75, 3.05) is 26.7 Å². The van der Waals surface area contributed by atoms with Crippen LogP contribution in [0.5, 0.6) is 5.75 Å². The van der Waals surface area contributed by atoms with Gasteiger partial charge in [-0.1, -0.05) is 15.9 Å². The molecule has 1 aliphatic heterocycles. The normalized spacial score (nSPS) is 19.7. The first-order valence-corrected chi connectivity index (χ1v) is 7.16. The van der Waals surface area contributed by atoms with E-state index in [1.54, 1.807) is 0 Å². The van der Waals surface area contributed by atoms with Crippen LogP contribution >= 0.6 is 15.9 Å². The van der Waals surface area contributed by atoms with Crippen molar-refractivity contribution in [2.24, 2.45) is 0 Å². The van der Waals surface area contributed by atoms with Gasteiger partial charge in [-0.2, -0.15) is 0 Å². The van der Waals surface area contributed by atoms with Gasteiger partial charge in [0.2, 0.25) is 0 Å². The van der Waals surface area contributed by atoms with Crippen molar-refractivity contribution in [2.45, 2.75) is 24.9 Å². The highest BCUT2D eigenvalue weighted by atomic mass is 79.9. The lowest BCUT2D eigenvalue weighted by molar-refractivity contribution is -0.0304. The Bertz CT molecular complexity index is 372. The number of nitrogens with zero attached hydrogens (tertiary/aromatic N) is 1. The van der Waals surface area contributed by atoms with Gasteiger partial charge in [-0.15, -0.1) is 0 Å². The Morgan fingerprint density at radius 2 is 1.89 bits per heavy atom. The van der Waals surface area contributed by atoms with E-state index in [9.17, 15) is 5.11 Å². The molecule has 1 N–H and O–H groups in total. The van der Waals surface area contributed by atoms with Crippen LogP contribution < -0.4 is 4.74 Å². The van der Waals surface area contributed by atoms with Crippen LogP contribution in [0.2, 0.25) is 0 Å². The summed E-state index contributed by atoms with van der Waals surface area (Å²) in [7, 11) is 2.10. The molecule has 0 unspecified atom stereocenters. The molecule has 0 radical (unpaired) electrons. The lowest BCUT2D eigenvalue weighted by atomic mass is 9.89. The Hall–Kier alpha value is -0.580. The fourth-order valence-corrected chi connectivity index (χ4v) is 2.44. The first-order chi connectivity index (χ1) is 8.57. The van der Waals surface area contributed by atoms with Crippen molar-refractivity contribution >= 4 is 15.9 Å². The maximum absolute atomic E-state index is 10.4. The molecule has 1 aliphatic rings. The standard InChI is InChI=1S/C14H20BrNO2/c1-16-9-6-14(17,7-10-16)8-11-18-13-4-2-12(15)3-5-13/h2-5,17H,6-11H2,1H3. The summed E-state index contributed by atoms with van der Waals surface area (Å²) < 4.78 is 6.71. The molecule has 3 nitrogen and oxygen atoms in total. The monoisotopic (exact) mass is 313 g/mol. The maximum atomic E-state index is 10.4. The second kappa shape index (κ2) is 6.04. The highest BCUT2D eigenvalue weighted by Crippen LogP contribution is 2.25. The fraction of sp³-hybridized carbons (Fsp3) is 0.571. The largest absolute Gasteiger partial charge is 0.493 e. The molecule has 1 saturated heterocycles. The molecule has 1 aromatic rings. The van der Waals surface area contributed by atoms with Gasteiger partial charge in [-0.3, -0.25) is 0 Å². The fourth-order valence-electron chi connectivity index (χ4n) is 2.17.